The average Bonchev–Trinajstić information content (AvgIpc) is 2.53. The van der Waals surface area contributed by atoms with Crippen LogP contribution < -0.4 is 5.32 Å². The Morgan fingerprint density at radius 2 is 2.17 bits per heavy atom. The Hall–Kier alpha value is -0.480. The van der Waals surface area contributed by atoms with Crippen LogP contribution in [0.25, 0.3) is 0 Å². The molecule has 0 atom stereocenters. The second-order valence-electron chi connectivity index (χ2n) is 2.35. The highest BCUT2D eigenvalue weighted by Crippen LogP contribution is 2.06. The summed E-state index contributed by atoms with van der Waals surface area (Å²) in [6.45, 7) is 3.07. The second kappa shape index (κ2) is 5.22. The number of nitrogens with zero attached hydrogens (tertiary/aromatic N) is 1. The molecule has 0 amide bonds. The Labute approximate surface area is 82.5 Å². The van der Waals surface area contributed by atoms with Crippen LogP contribution in [0.3, 0.4) is 0 Å². The fraction of sp³-hybridized carbons (Fsp3) is 0.375. The van der Waals surface area contributed by atoms with Gasteiger partial charge in [-0.3, -0.25) is 3.97 Å². The zero-order valence-corrected chi connectivity index (χ0v) is 8.62. The van der Waals surface area contributed by atoms with Gasteiger partial charge in [0.1, 0.15) is 0 Å². The van der Waals surface area contributed by atoms with Gasteiger partial charge >= 0.3 is 0 Å². The molecule has 12 heavy (non-hydrogen) atoms. The Kier molecular flexibility index (Phi) is 4.18. The topological polar surface area (TPSA) is 17.0 Å². The molecule has 1 N–H and O–H groups in total. The fourth-order valence-electron chi connectivity index (χ4n) is 0.735. The van der Waals surface area contributed by atoms with E-state index in [9.17, 15) is 0 Å². The van der Waals surface area contributed by atoms with Crippen LogP contribution in [0.4, 0.5) is 0 Å². The van der Waals surface area contributed by atoms with Gasteiger partial charge in [0.25, 0.3) is 0 Å². The monoisotopic (exact) mass is 200 g/mol. The van der Waals surface area contributed by atoms with Crippen molar-refractivity contribution in [3.8, 4) is 0 Å². The summed E-state index contributed by atoms with van der Waals surface area (Å²) in [5.74, 6) is 0. The Morgan fingerprint density at radius 1 is 1.50 bits per heavy atom. The smallest absolute Gasteiger partial charge is 0.154 e. The van der Waals surface area contributed by atoms with E-state index in [0.29, 0.717) is 0 Å². The van der Waals surface area contributed by atoms with E-state index < -0.39 is 0 Å². The first-order chi connectivity index (χ1) is 5.83. The number of thiocarbonyl (C=S) groups is 1. The van der Waals surface area contributed by atoms with Crippen molar-refractivity contribution in [1.82, 2.24) is 9.29 Å². The first-order valence-corrected chi connectivity index (χ1v) is 5.10. The van der Waals surface area contributed by atoms with E-state index in [1.165, 1.54) is 11.9 Å². The van der Waals surface area contributed by atoms with E-state index in [4.69, 9.17) is 12.2 Å². The lowest BCUT2D eigenvalue weighted by Gasteiger charge is -2.05. The summed E-state index contributed by atoms with van der Waals surface area (Å²) in [5.41, 5.74) is 0. The average molecular weight is 200 g/mol. The third-order valence-corrected chi connectivity index (χ3v) is 2.42. The van der Waals surface area contributed by atoms with Crippen molar-refractivity contribution in [2.45, 2.75) is 13.3 Å². The fourth-order valence-corrected chi connectivity index (χ4v) is 1.72. The summed E-state index contributed by atoms with van der Waals surface area (Å²) in [6, 6.07) is 3.96. The molecule has 0 aliphatic heterocycles. The number of rotatable bonds is 3. The second-order valence-corrected chi connectivity index (χ2v) is 4.03. The van der Waals surface area contributed by atoms with Crippen LogP contribution in [-0.2, 0) is 0 Å². The van der Waals surface area contributed by atoms with Gasteiger partial charge in [-0.05, 0) is 18.6 Å². The molecule has 0 saturated carbocycles. The molecule has 1 rings (SSSR count). The third-order valence-electron chi connectivity index (χ3n) is 1.28. The quantitative estimate of drug-likeness (QED) is 0.754. The van der Waals surface area contributed by atoms with Crippen LogP contribution in [0.1, 0.15) is 13.3 Å². The van der Waals surface area contributed by atoms with E-state index in [-0.39, 0.29) is 0 Å². The van der Waals surface area contributed by atoms with E-state index in [0.717, 1.165) is 17.3 Å². The van der Waals surface area contributed by atoms with E-state index in [2.05, 4.69) is 12.2 Å². The van der Waals surface area contributed by atoms with Gasteiger partial charge in [0.15, 0.2) is 4.32 Å². The molecule has 1 aromatic rings. The maximum Gasteiger partial charge on any atom is 0.154 e. The molecule has 0 fully saturated rings. The molecule has 0 saturated heterocycles. The summed E-state index contributed by atoms with van der Waals surface area (Å²) >= 11 is 6.63. The van der Waals surface area contributed by atoms with Crippen molar-refractivity contribution in [2.75, 3.05) is 6.54 Å². The van der Waals surface area contributed by atoms with E-state index in [1.54, 1.807) is 0 Å². The number of hydrogen-bond acceptors (Lipinski definition) is 2. The van der Waals surface area contributed by atoms with Crippen molar-refractivity contribution in [2.24, 2.45) is 0 Å². The summed E-state index contributed by atoms with van der Waals surface area (Å²) in [6.07, 6.45) is 5.06. The number of aromatic nitrogens is 1. The first-order valence-electron chi connectivity index (χ1n) is 3.92. The lowest BCUT2D eigenvalue weighted by atomic mass is 10.5. The maximum atomic E-state index is 5.10. The third kappa shape index (κ3) is 3.28. The summed E-state index contributed by atoms with van der Waals surface area (Å²) in [4.78, 5) is 0. The molecule has 0 radical (unpaired) electrons. The van der Waals surface area contributed by atoms with Gasteiger partial charge in [0.05, 0.1) is 0 Å². The SMILES string of the molecule is CCCNC(=S)Sn1cccc1. The Morgan fingerprint density at radius 3 is 2.75 bits per heavy atom. The Bertz CT molecular complexity index is 231. The van der Waals surface area contributed by atoms with Crippen LogP contribution in [0.2, 0.25) is 0 Å². The van der Waals surface area contributed by atoms with Crippen molar-refractivity contribution < 1.29 is 0 Å². The van der Waals surface area contributed by atoms with E-state index >= 15 is 0 Å². The first kappa shape index (κ1) is 9.61. The molecule has 66 valence electrons. The van der Waals surface area contributed by atoms with Crippen molar-refractivity contribution >= 4 is 28.5 Å². The predicted molar refractivity (Wildman–Crippen MR) is 58.3 cm³/mol. The van der Waals surface area contributed by atoms with Crippen LogP contribution in [0, 0.1) is 0 Å². The minimum Gasteiger partial charge on any atom is -0.370 e. The molecular weight excluding hydrogens is 188 g/mol. The van der Waals surface area contributed by atoms with Gasteiger partial charge in [-0.2, -0.15) is 0 Å². The molecular formula is C8H12N2S2. The predicted octanol–water partition coefficient (Wildman–Crippen LogP) is 2.27. The van der Waals surface area contributed by atoms with Crippen molar-refractivity contribution in [3.63, 3.8) is 0 Å². The van der Waals surface area contributed by atoms with Crippen LogP contribution in [-0.4, -0.2) is 14.8 Å². The molecule has 0 aromatic carbocycles. The summed E-state index contributed by atoms with van der Waals surface area (Å²) < 4.78 is 2.80. The number of nitrogens with one attached hydrogen (secondary N) is 1. The van der Waals surface area contributed by atoms with Crippen LogP contribution in [0.15, 0.2) is 24.5 Å². The Balaban J connectivity index is 2.27. The molecule has 1 aromatic heterocycles. The molecule has 0 aliphatic carbocycles. The van der Waals surface area contributed by atoms with Gasteiger partial charge in [0.2, 0.25) is 0 Å². The van der Waals surface area contributed by atoms with Gasteiger partial charge in [-0.15, -0.1) is 0 Å². The lowest BCUT2D eigenvalue weighted by molar-refractivity contribution is 0.854. The van der Waals surface area contributed by atoms with Crippen molar-refractivity contribution in [3.05, 3.63) is 24.5 Å². The molecule has 0 unspecified atom stereocenters. The zero-order chi connectivity index (χ0) is 8.81. The van der Waals surface area contributed by atoms with Crippen LogP contribution in [0.5, 0.6) is 0 Å². The largest absolute Gasteiger partial charge is 0.370 e. The summed E-state index contributed by atoms with van der Waals surface area (Å²) in [5, 5.41) is 3.14. The molecule has 0 spiro atoms. The zero-order valence-electron chi connectivity index (χ0n) is 6.99. The standard InChI is InChI=1S/C8H12N2S2/c1-2-5-9-8(11)12-10-6-3-4-7-10/h3-4,6-7H,2,5H2,1H3,(H,9,11). The lowest BCUT2D eigenvalue weighted by Crippen LogP contribution is -2.19. The molecule has 1 heterocycles. The normalized spacial score (nSPS) is 9.75. The highest BCUT2D eigenvalue weighted by molar-refractivity contribution is 8.21. The maximum absolute atomic E-state index is 5.10. The molecule has 4 heteroatoms. The minimum absolute atomic E-state index is 0.827. The summed E-state index contributed by atoms with van der Waals surface area (Å²) in [7, 11) is 0. The van der Waals surface area contributed by atoms with Crippen LogP contribution >= 0.6 is 24.2 Å². The van der Waals surface area contributed by atoms with E-state index in [1.807, 2.05) is 28.5 Å². The van der Waals surface area contributed by atoms with Gasteiger partial charge in [-0.1, -0.05) is 19.1 Å². The van der Waals surface area contributed by atoms with Gasteiger partial charge in [-0.25, -0.2) is 0 Å². The van der Waals surface area contributed by atoms with Gasteiger partial charge < -0.3 is 5.32 Å². The molecule has 2 nitrogen and oxygen atoms in total. The highest BCUT2D eigenvalue weighted by atomic mass is 32.2. The molecule has 0 aliphatic rings. The van der Waals surface area contributed by atoms with Gasteiger partial charge in [0, 0.05) is 30.9 Å². The molecule has 0 bridgehead atoms. The van der Waals surface area contributed by atoms with Crippen molar-refractivity contribution in [1.29, 1.82) is 0 Å². The highest BCUT2D eigenvalue weighted by Gasteiger charge is 1.95. The number of hydrogen-bond donors (Lipinski definition) is 1. The minimum atomic E-state index is 0.827.